The summed E-state index contributed by atoms with van der Waals surface area (Å²) in [5, 5.41) is 0.870. The molecule has 1 aliphatic carbocycles. The van der Waals surface area contributed by atoms with E-state index in [1.807, 2.05) is 12.1 Å². The van der Waals surface area contributed by atoms with Crippen LogP contribution in [0, 0.1) is 11.8 Å². The van der Waals surface area contributed by atoms with E-state index in [1.54, 1.807) is 19.1 Å². The SMILES string of the molecule is COC(=O)CCC/C=C\C[C@@H]1[C@@H](/C=C/[C@H](COc2ccc(Cl)cc2)OC2CCCCO2)[C@H](OC2CCCCO2)C[C@@H]1SC(C)=O. The predicted octanol–water partition coefficient (Wildman–Crippen LogP) is 7.67. The lowest BCUT2D eigenvalue weighted by Crippen LogP contribution is -2.32. The van der Waals surface area contributed by atoms with Crippen LogP contribution in [0.5, 0.6) is 5.75 Å². The van der Waals surface area contributed by atoms with Crippen molar-refractivity contribution in [3.63, 3.8) is 0 Å². The van der Waals surface area contributed by atoms with E-state index in [-0.39, 0.29) is 53.0 Å². The Morgan fingerprint density at radius 1 is 1.04 bits per heavy atom. The van der Waals surface area contributed by atoms with E-state index in [1.165, 1.54) is 18.9 Å². The third-order valence-corrected chi connectivity index (χ3v) is 9.87. The molecule has 45 heavy (non-hydrogen) atoms. The topological polar surface area (TPSA) is 89.5 Å². The predicted molar refractivity (Wildman–Crippen MR) is 176 cm³/mol. The lowest BCUT2D eigenvalue weighted by atomic mass is 9.90. The summed E-state index contributed by atoms with van der Waals surface area (Å²) in [5.41, 5.74) is 0. The van der Waals surface area contributed by atoms with Crippen LogP contribution in [0.4, 0.5) is 0 Å². The summed E-state index contributed by atoms with van der Waals surface area (Å²) in [6.45, 7) is 3.35. The number of methoxy groups -OCH3 is 1. The number of benzene rings is 1. The van der Waals surface area contributed by atoms with E-state index in [0.717, 1.165) is 70.0 Å². The molecule has 8 nitrogen and oxygen atoms in total. The fourth-order valence-electron chi connectivity index (χ4n) is 6.12. The zero-order valence-electron chi connectivity index (χ0n) is 26.6. The highest BCUT2D eigenvalue weighted by atomic mass is 35.5. The number of carbonyl (C=O) groups excluding carboxylic acids is 2. The largest absolute Gasteiger partial charge is 0.491 e. The van der Waals surface area contributed by atoms with Gasteiger partial charge in [0.2, 0.25) is 0 Å². The summed E-state index contributed by atoms with van der Waals surface area (Å²) >= 11 is 7.48. The van der Waals surface area contributed by atoms with Gasteiger partial charge in [-0.05, 0) is 94.4 Å². The van der Waals surface area contributed by atoms with Gasteiger partial charge in [0.1, 0.15) is 18.5 Å². The number of thioether (sulfide) groups is 1. The first-order valence-corrected chi connectivity index (χ1v) is 17.7. The Morgan fingerprint density at radius 2 is 1.78 bits per heavy atom. The van der Waals surface area contributed by atoms with Gasteiger partial charge in [-0.2, -0.15) is 0 Å². The second-order valence-electron chi connectivity index (χ2n) is 11.9. The molecule has 2 saturated heterocycles. The minimum absolute atomic E-state index is 0.0426. The first kappa shape index (κ1) is 36.0. The lowest BCUT2D eigenvalue weighted by molar-refractivity contribution is -0.192. The van der Waals surface area contributed by atoms with Crippen LogP contribution in [0.15, 0.2) is 48.6 Å². The Bertz CT molecular complexity index is 1080. The normalized spacial score (nSPS) is 28.0. The molecule has 0 aromatic heterocycles. The van der Waals surface area contributed by atoms with Crippen molar-refractivity contribution in [2.45, 2.75) is 108 Å². The zero-order valence-corrected chi connectivity index (χ0v) is 28.2. The van der Waals surface area contributed by atoms with Crippen LogP contribution in [0.3, 0.4) is 0 Å². The summed E-state index contributed by atoms with van der Waals surface area (Å²) < 4.78 is 35.8. The van der Waals surface area contributed by atoms with Gasteiger partial charge in [-0.15, -0.1) is 0 Å². The molecule has 250 valence electrons. The first-order chi connectivity index (χ1) is 21.9. The van der Waals surface area contributed by atoms with Crippen LogP contribution >= 0.6 is 23.4 Å². The molecule has 0 amide bonds. The van der Waals surface area contributed by atoms with Crippen molar-refractivity contribution in [1.82, 2.24) is 0 Å². The third kappa shape index (κ3) is 12.7. The maximum atomic E-state index is 12.3. The van der Waals surface area contributed by atoms with Crippen LogP contribution in [0.25, 0.3) is 0 Å². The van der Waals surface area contributed by atoms with Crippen molar-refractivity contribution in [3.05, 3.63) is 53.6 Å². The molecule has 2 heterocycles. The van der Waals surface area contributed by atoms with Crippen LogP contribution in [0.1, 0.15) is 77.6 Å². The number of hydrogen-bond donors (Lipinski definition) is 0. The van der Waals surface area contributed by atoms with Crippen molar-refractivity contribution in [3.8, 4) is 5.75 Å². The van der Waals surface area contributed by atoms with Gasteiger partial charge in [0.25, 0.3) is 0 Å². The third-order valence-electron chi connectivity index (χ3n) is 8.44. The van der Waals surface area contributed by atoms with Crippen molar-refractivity contribution in [1.29, 1.82) is 0 Å². The molecule has 3 fully saturated rings. The summed E-state index contributed by atoms with van der Waals surface area (Å²) in [4.78, 5) is 23.8. The van der Waals surface area contributed by atoms with Gasteiger partial charge in [-0.1, -0.05) is 47.7 Å². The number of rotatable bonds is 16. The van der Waals surface area contributed by atoms with Gasteiger partial charge in [0, 0.05) is 42.7 Å². The second kappa shape index (κ2) is 19.7. The summed E-state index contributed by atoms with van der Waals surface area (Å²) in [7, 11) is 1.41. The number of esters is 1. The fourth-order valence-corrected chi connectivity index (χ4v) is 7.43. The molecular formula is C35H49ClO8S. The van der Waals surface area contributed by atoms with Gasteiger partial charge in [-0.25, -0.2) is 0 Å². The number of ether oxygens (including phenoxy) is 6. The lowest BCUT2D eigenvalue weighted by Gasteiger charge is -2.30. The number of hydrogen-bond acceptors (Lipinski definition) is 9. The van der Waals surface area contributed by atoms with Crippen molar-refractivity contribution in [2.24, 2.45) is 11.8 Å². The van der Waals surface area contributed by atoms with Crippen LogP contribution in [0.2, 0.25) is 5.02 Å². The van der Waals surface area contributed by atoms with Crippen molar-refractivity contribution < 1.29 is 38.0 Å². The van der Waals surface area contributed by atoms with Crippen LogP contribution < -0.4 is 4.74 Å². The van der Waals surface area contributed by atoms with Gasteiger partial charge in [0.05, 0.1) is 13.2 Å². The molecule has 4 rings (SSSR count). The standard InChI is InChI=1S/C35H49ClO8S/c1-25(37)45-32-23-31(44-35-14-8-10-22-41-35)29(30(32)11-5-3-4-6-12-33(38)39-2)20-19-28(43-34-13-7-9-21-40-34)24-42-27-17-15-26(36)16-18-27/h3,5,15-20,28-32,34-35H,4,6-14,21-24H2,1-2H3/b5-3-,20-19+/t28-,29-,30-,31-,32+,34?,35?/m1/s1. The number of carbonyl (C=O) groups is 2. The number of unbranched alkanes of at least 4 members (excludes halogenated alkanes) is 1. The Balaban J connectivity index is 1.51. The maximum Gasteiger partial charge on any atom is 0.305 e. The molecule has 2 unspecified atom stereocenters. The van der Waals surface area contributed by atoms with E-state index in [0.29, 0.717) is 31.3 Å². The minimum atomic E-state index is -0.343. The van der Waals surface area contributed by atoms with Crippen molar-refractivity contribution in [2.75, 3.05) is 26.9 Å². The first-order valence-electron chi connectivity index (χ1n) is 16.4. The highest BCUT2D eigenvalue weighted by molar-refractivity contribution is 8.14. The quantitative estimate of drug-likeness (QED) is 0.100. The second-order valence-corrected chi connectivity index (χ2v) is 13.7. The highest BCUT2D eigenvalue weighted by Crippen LogP contribution is 2.45. The molecule has 1 aromatic rings. The smallest absolute Gasteiger partial charge is 0.305 e. The molecule has 1 aromatic carbocycles. The molecule has 0 N–H and O–H groups in total. The Kier molecular flexibility index (Phi) is 15.7. The zero-order chi connectivity index (χ0) is 31.9. The Morgan fingerprint density at radius 3 is 2.44 bits per heavy atom. The monoisotopic (exact) mass is 664 g/mol. The molecule has 2 aliphatic heterocycles. The molecule has 0 spiro atoms. The van der Waals surface area contributed by atoms with Gasteiger partial charge in [-0.3, -0.25) is 9.59 Å². The average molecular weight is 665 g/mol. The van der Waals surface area contributed by atoms with Crippen molar-refractivity contribution >= 4 is 34.4 Å². The van der Waals surface area contributed by atoms with E-state index >= 15 is 0 Å². The van der Waals surface area contributed by atoms with E-state index < -0.39 is 0 Å². The minimum Gasteiger partial charge on any atom is -0.491 e. The maximum absolute atomic E-state index is 12.3. The number of allylic oxidation sites excluding steroid dienone is 2. The van der Waals surface area contributed by atoms with E-state index in [2.05, 4.69) is 24.3 Å². The molecule has 0 bridgehead atoms. The van der Waals surface area contributed by atoms with E-state index in [4.69, 9.17) is 40.0 Å². The highest BCUT2D eigenvalue weighted by Gasteiger charge is 2.44. The molecule has 3 aliphatic rings. The fraction of sp³-hybridized carbons (Fsp3) is 0.657. The molecule has 1 saturated carbocycles. The Hall–Kier alpha value is -1.88. The summed E-state index contributed by atoms with van der Waals surface area (Å²) in [6.07, 6.45) is 17.1. The van der Waals surface area contributed by atoms with Gasteiger partial charge in [0.15, 0.2) is 17.7 Å². The molecule has 10 heteroatoms. The molecule has 0 radical (unpaired) electrons. The summed E-state index contributed by atoms with van der Waals surface area (Å²) in [6, 6.07) is 7.31. The van der Waals surface area contributed by atoms with Gasteiger partial charge < -0.3 is 28.4 Å². The Labute approximate surface area is 277 Å². The van der Waals surface area contributed by atoms with Crippen LogP contribution in [-0.4, -0.2) is 68.1 Å². The van der Waals surface area contributed by atoms with Crippen LogP contribution in [-0.2, 0) is 33.3 Å². The van der Waals surface area contributed by atoms with Gasteiger partial charge >= 0.3 is 5.97 Å². The average Bonchev–Trinajstić information content (AvgIpc) is 3.35. The summed E-state index contributed by atoms with van der Waals surface area (Å²) in [5.74, 6) is 0.740. The molecule has 7 atom stereocenters. The number of halogens is 1. The molecular weight excluding hydrogens is 616 g/mol. The van der Waals surface area contributed by atoms with E-state index in [9.17, 15) is 9.59 Å².